The Balaban J connectivity index is 0.000000473. The molecule has 0 aliphatic carbocycles. The number of likely N-dealkylation sites (N-methyl/N-ethyl adjacent to an activating group) is 2. The zero-order valence-corrected chi connectivity index (χ0v) is 25.0. The van der Waals surface area contributed by atoms with E-state index in [0.29, 0.717) is 5.88 Å². The zero-order valence-electron chi connectivity index (χ0n) is 23.5. The van der Waals surface area contributed by atoms with Gasteiger partial charge in [-0.25, -0.2) is 4.98 Å². The molecule has 0 saturated heterocycles. The number of nitrogens with one attached hydrogen (secondary N) is 2. The second-order valence-corrected chi connectivity index (χ2v) is 9.09. The van der Waals surface area contributed by atoms with Gasteiger partial charge in [-0.3, -0.25) is 24.8 Å². The van der Waals surface area contributed by atoms with Gasteiger partial charge >= 0.3 is 0 Å². The van der Waals surface area contributed by atoms with Crippen LogP contribution >= 0.6 is 11.6 Å². The van der Waals surface area contributed by atoms with E-state index >= 15 is 0 Å². The molecule has 4 aromatic heterocycles. The highest BCUT2D eigenvalue weighted by molar-refractivity contribution is 6.16. The Hall–Kier alpha value is -2.98. The lowest BCUT2D eigenvalue weighted by Crippen LogP contribution is -3.00. The highest BCUT2D eigenvalue weighted by atomic mass is 35.5. The maximum atomic E-state index is 5.50. The number of halogens is 2. The van der Waals surface area contributed by atoms with Crippen LogP contribution in [0.2, 0.25) is 0 Å². The molecule has 0 spiro atoms. The third kappa shape index (κ3) is 16.2. The number of nitrogens with zero attached hydrogens (tertiary/aromatic N) is 5. The van der Waals surface area contributed by atoms with Crippen LogP contribution in [0.15, 0.2) is 97.6 Å². The summed E-state index contributed by atoms with van der Waals surface area (Å²) in [6, 6.07) is 24.0. The van der Waals surface area contributed by atoms with Crippen LogP contribution in [0.5, 0.6) is 0 Å². The Bertz CT molecular complexity index is 1050. The van der Waals surface area contributed by atoms with Crippen LogP contribution in [0.1, 0.15) is 22.8 Å². The molecule has 4 N–H and O–H groups in total. The van der Waals surface area contributed by atoms with Gasteiger partial charge in [-0.05, 0) is 50.5 Å². The van der Waals surface area contributed by atoms with Crippen LogP contribution in [0, 0.1) is 0 Å². The molecule has 0 aromatic carbocycles. The summed E-state index contributed by atoms with van der Waals surface area (Å²) in [6.07, 6.45) is 7.40. The van der Waals surface area contributed by atoms with Crippen molar-refractivity contribution in [2.75, 3.05) is 40.3 Å². The number of aromatic amines is 1. The average molecular weight is 586 g/mol. The summed E-state index contributed by atoms with van der Waals surface area (Å²) in [5, 5.41) is 2.89. The Morgan fingerprint density at radius 2 is 1.30 bits per heavy atom. The molecule has 0 radical (unpaired) electrons. The number of aromatic nitrogens is 4. The minimum Gasteiger partial charge on any atom is -1.00 e. The summed E-state index contributed by atoms with van der Waals surface area (Å²) in [5.41, 5.74) is 9.38. The largest absolute Gasteiger partial charge is 1.00 e. The third-order valence-corrected chi connectivity index (χ3v) is 5.78. The molecule has 4 heterocycles. The number of pyridine rings is 4. The van der Waals surface area contributed by atoms with Crippen LogP contribution in [-0.4, -0.2) is 65.0 Å². The van der Waals surface area contributed by atoms with Gasteiger partial charge in [-0.15, -0.1) is 11.6 Å². The van der Waals surface area contributed by atoms with Gasteiger partial charge in [0.15, 0.2) is 11.9 Å². The van der Waals surface area contributed by atoms with Crippen molar-refractivity contribution in [1.82, 2.24) is 30.1 Å². The molecular weight excluding hydrogens is 543 g/mol. The molecule has 0 amide bonds. The smallest absolute Gasteiger partial charge is 0.194 e. The van der Waals surface area contributed by atoms with E-state index in [0.717, 1.165) is 68.6 Å². The molecular formula is C30H42Cl2N8. The first-order valence-electron chi connectivity index (χ1n) is 13.1. The van der Waals surface area contributed by atoms with E-state index < -0.39 is 0 Å². The van der Waals surface area contributed by atoms with Crippen LogP contribution in [0.25, 0.3) is 0 Å². The fraction of sp³-hybridized carbons (Fsp3) is 0.333. The number of hydrogen-bond acceptors (Lipinski definition) is 7. The molecule has 10 heteroatoms. The topological polar surface area (TPSA) is 97.3 Å². The quantitative estimate of drug-likeness (QED) is 0.233. The molecule has 216 valence electrons. The first-order chi connectivity index (χ1) is 19.1. The molecule has 0 unspecified atom stereocenters. The Morgan fingerprint density at radius 3 is 1.65 bits per heavy atom. The lowest BCUT2D eigenvalue weighted by Gasteiger charge is -2.25. The van der Waals surface area contributed by atoms with E-state index in [1.165, 1.54) is 0 Å². The van der Waals surface area contributed by atoms with Crippen molar-refractivity contribution < 1.29 is 17.4 Å². The molecule has 0 bridgehead atoms. The SMILES string of the molecule is CN(CCN(Cc1ccccn1)Cc1ccccn1)Cc1ccccn1.CNCCN.ClCc1cccc[nH+]1.[Cl-]. The molecule has 8 nitrogen and oxygen atoms in total. The summed E-state index contributed by atoms with van der Waals surface area (Å²) in [7, 11) is 4.02. The maximum absolute atomic E-state index is 5.50. The van der Waals surface area contributed by atoms with Gasteiger partial charge in [0.1, 0.15) is 5.88 Å². The van der Waals surface area contributed by atoms with Gasteiger partial charge in [0, 0.05) is 76.5 Å². The summed E-state index contributed by atoms with van der Waals surface area (Å²) in [5.74, 6) is 0.556. The first-order valence-corrected chi connectivity index (χ1v) is 13.6. The zero-order chi connectivity index (χ0) is 28.0. The fourth-order valence-corrected chi connectivity index (χ4v) is 3.64. The van der Waals surface area contributed by atoms with Crippen molar-refractivity contribution in [3.05, 3.63) is 120 Å². The second kappa shape index (κ2) is 22.8. The lowest BCUT2D eigenvalue weighted by atomic mass is 10.2. The molecule has 0 atom stereocenters. The third-order valence-electron chi connectivity index (χ3n) is 5.49. The fourth-order valence-electron chi connectivity index (χ4n) is 3.47. The van der Waals surface area contributed by atoms with E-state index in [9.17, 15) is 0 Å². The van der Waals surface area contributed by atoms with Gasteiger partial charge in [-0.1, -0.05) is 24.3 Å². The number of hydrogen-bond donors (Lipinski definition) is 2. The standard InChI is InChI=1S/C21H25N5.C6H6ClN.C3H10N2.ClH/c1-25(16-19-8-2-5-11-22-19)14-15-26(17-20-9-3-6-12-23-20)18-21-10-4-7-13-24-21;7-5-6-3-1-2-4-8-6;1-5-3-2-4;/h2-13H,14-18H2,1H3;1-4H,5H2;5H,2-4H2,1H3;1H. The van der Waals surface area contributed by atoms with Crippen molar-refractivity contribution in [2.24, 2.45) is 5.73 Å². The molecule has 0 aliphatic rings. The summed E-state index contributed by atoms with van der Waals surface area (Å²) in [4.78, 5) is 21.0. The summed E-state index contributed by atoms with van der Waals surface area (Å²) < 4.78 is 0. The molecule has 40 heavy (non-hydrogen) atoms. The molecule has 4 rings (SSSR count). The molecule has 0 aliphatic heterocycles. The van der Waals surface area contributed by atoms with Crippen molar-refractivity contribution in [3.8, 4) is 0 Å². The summed E-state index contributed by atoms with van der Waals surface area (Å²) in [6.45, 7) is 6.02. The normalized spacial score (nSPS) is 10.2. The van der Waals surface area contributed by atoms with Crippen LogP contribution < -0.4 is 28.4 Å². The predicted octanol–water partition coefficient (Wildman–Crippen LogP) is 0.414. The molecule has 0 fully saturated rings. The maximum Gasteiger partial charge on any atom is 0.194 e. The van der Waals surface area contributed by atoms with Crippen molar-refractivity contribution >= 4 is 11.6 Å². The van der Waals surface area contributed by atoms with Crippen molar-refractivity contribution in [1.29, 1.82) is 0 Å². The van der Waals surface area contributed by atoms with Gasteiger partial charge in [0.05, 0.1) is 17.1 Å². The van der Waals surface area contributed by atoms with E-state index in [4.69, 9.17) is 17.3 Å². The van der Waals surface area contributed by atoms with Gasteiger partial charge in [0.25, 0.3) is 0 Å². The Kier molecular flexibility index (Phi) is 20.0. The number of rotatable bonds is 12. The first kappa shape index (κ1) is 35.0. The van der Waals surface area contributed by atoms with Crippen LogP contribution in [0.4, 0.5) is 0 Å². The van der Waals surface area contributed by atoms with Crippen LogP contribution in [-0.2, 0) is 25.5 Å². The number of H-pyrrole nitrogens is 1. The van der Waals surface area contributed by atoms with Gasteiger partial charge in [-0.2, -0.15) is 0 Å². The predicted molar refractivity (Wildman–Crippen MR) is 159 cm³/mol. The Labute approximate surface area is 250 Å². The summed E-state index contributed by atoms with van der Waals surface area (Å²) >= 11 is 5.50. The monoisotopic (exact) mass is 584 g/mol. The Morgan fingerprint density at radius 1 is 0.775 bits per heavy atom. The minimum absolute atomic E-state index is 0. The van der Waals surface area contributed by atoms with E-state index in [1.807, 2.05) is 86.4 Å². The average Bonchev–Trinajstić information content (AvgIpc) is 2.99. The molecule has 4 aromatic rings. The van der Waals surface area contributed by atoms with Crippen LogP contribution in [0.3, 0.4) is 0 Å². The van der Waals surface area contributed by atoms with Gasteiger partial charge < -0.3 is 23.5 Å². The van der Waals surface area contributed by atoms with Crippen molar-refractivity contribution in [2.45, 2.75) is 25.5 Å². The van der Waals surface area contributed by atoms with Gasteiger partial charge in [0.2, 0.25) is 0 Å². The number of nitrogens with two attached hydrogens (primary N) is 1. The molecule has 0 saturated carbocycles. The highest BCUT2D eigenvalue weighted by Gasteiger charge is 2.10. The second-order valence-electron chi connectivity index (χ2n) is 8.83. The highest BCUT2D eigenvalue weighted by Crippen LogP contribution is 2.07. The number of alkyl halides is 1. The van der Waals surface area contributed by atoms with E-state index in [-0.39, 0.29) is 12.4 Å². The van der Waals surface area contributed by atoms with E-state index in [1.54, 1.807) is 0 Å². The lowest BCUT2D eigenvalue weighted by molar-refractivity contribution is -0.388. The minimum atomic E-state index is 0. The van der Waals surface area contributed by atoms with E-state index in [2.05, 4.69) is 60.3 Å². The van der Waals surface area contributed by atoms with Crippen molar-refractivity contribution in [3.63, 3.8) is 0 Å².